The van der Waals surface area contributed by atoms with Crippen LogP contribution in [0.3, 0.4) is 0 Å². The number of amides is 2. The topological polar surface area (TPSA) is 78.9 Å². The molecule has 1 saturated heterocycles. The van der Waals surface area contributed by atoms with Gasteiger partial charge in [-0.1, -0.05) is 54.6 Å². The number of piperidine rings is 1. The number of anilines is 1. The maximum Gasteiger partial charge on any atom is 0.411 e. The summed E-state index contributed by atoms with van der Waals surface area (Å²) in [4.78, 5) is 27.3. The lowest BCUT2D eigenvalue weighted by Gasteiger charge is -2.32. The molecule has 0 saturated carbocycles. The van der Waals surface area contributed by atoms with Gasteiger partial charge in [-0.15, -0.1) is 0 Å². The van der Waals surface area contributed by atoms with Crippen molar-refractivity contribution >= 4 is 17.7 Å². The monoisotopic (exact) mass is 456 g/mol. The first-order valence-corrected chi connectivity index (χ1v) is 11.8. The number of aliphatic hydroxyl groups is 1. The summed E-state index contributed by atoms with van der Waals surface area (Å²) in [6, 6.07) is 23.3. The molecule has 1 fully saturated rings. The molecule has 2 N–H and O–H groups in total. The van der Waals surface area contributed by atoms with Crippen LogP contribution in [0.15, 0.2) is 72.8 Å². The predicted molar refractivity (Wildman–Crippen MR) is 131 cm³/mol. The number of benzene rings is 3. The van der Waals surface area contributed by atoms with Crippen LogP contribution in [0.4, 0.5) is 10.5 Å². The average molecular weight is 457 g/mol. The van der Waals surface area contributed by atoms with Crippen molar-refractivity contribution in [3.63, 3.8) is 0 Å². The Morgan fingerprint density at radius 1 is 0.971 bits per heavy atom. The molecule has 0 spiro atoms. The van der Waals surface area contributed by atoms with E-state index in [9.17, 15) is 14.7 Å². The van der Waals surface area contributed by atoms with Gasteiger partial charge in [0.05, 0.1) is 0 Å². The number of carbonyl (C=O) groups is 2. The van der Waals surface area contributed by atoms with Gasteiger partial charge in [-0.3, -0.25) is 10.1 Å². The van der Waals surface area contributed by atoms with E-state index in [1.807, 2.05) is 24.3 Å². The third-order valence-corrected chi connectivity index (χ3v) is 6.76. The number of carbonyl (C=O) groups excluding carboxylic acids is 2. The van der Waals surface area contributed by atoms with Gasteiger partial charge in [-0.25, -0.2) is 4.79 Å². The molecule has 1 heterocycles. The molecule has 2 amide bonds. The second-order valence-electron chi connectivity index (χ2n) is 8.97. The molecule has 174 valence electrons. The van der Waals surface area contributed by atoms with E-state index in [0.29, 0.717) is 24.3 Å². The molecule has 1 aliphatic carbocycles. The molecule has 0 bridgehead atoms. The normalized spacial score (nSPS) is 17.1. The third kappa shape index (κ3) is 4.41. The SMILES string of the molecule is O=C(Nc1cccc(C(=O)N2CCCC(CO)C2)c1)OCC1c2ccccc2-c2ccccc21. The second kappa shape index (κ2) is 9.69. The summed E-state index contributed by atoms with van der Waals surface area (Å²) >= 11 is 0. The van der Waals surface area contributed by atoms with Crippen molar-refractivity contribution in [3.8, 4) is 11.1 Å². The van der Waals surface area contributed by atoms with Crippen molar-refractivity contribution in [2.24, 2.45) is 5.92 Å². The van der Waals surface area contributed by atoms with Gasteiger partial charge in [0.1, 0.15) is 6.61 Å². The Bertz CT molecular complexity index is 1160. The van der Waals surface area contributed by atoms with Gasteiger partial charge in [-0.2, -0.15) is 0 Å². The third-order valence-electron chi connectivity index (χ3n) is 6.76. The minimum atomic E-state index is -0.551. The van der Waals surface area contributed by atoms with Crippen LogP contribution in [-0.2, 0) is 4.74 Å². The summed E-state index contributed by atoms with van der Waals surface area (Å²) in [5.41, 5.74) is 5.70. The Balaban J connectivity index is 1.23. The highest BCUT2D eigenvalue weighted by Crippen LogP contribution is 2.44. The van der Waals surface area contributed by atoms with E-state index in [4.69, 9.17) is 4.74 Å². The van der Waals surface area contributed by atoms with Crippen molar-refractivity contribution in [1.29, 1.82) is 0 Å². The van der Waals surface area contributed by atoms with E-state index in [1.165, 1.54) is 11.1 Å². The van der Waals surface area contributed by atoms with E-state index in [-0.39, 0.29) is 31.0 Å². The number of hydrogen-bond donors (Lipinski definition) is 2. The van der Waals surface area contributed by atoms with Crippen LogP contribution in [0, 0.1) is 5.92 Å². The Hall–Kier alpha value is -3.64. The number of ether oxygens (including phenoxy) is 1. The standard InChI is InChI=1S/C28H28N2O4/c31-17-19-7-6-14-30(16-19)27(32)20-8-5-9-21(15-20)29-28(33)34-18-26-24-12-3-1-10-22(24)23-11-2-4-13-25(23)26/h1-5,8-13,15,19,26,31H,6-7,14,16-18H2,(H,29,33). The quantitative estimate of drug-likeness (QED) is 0.573. The molecule has 6 heteroatoms. The van der Waals surface area contributed by atoms with Crippen LogP contribution in [-0.4, -0.2) is 48.3 Å². The number of likely N-dealkylation sites (tertiary alicyclic amines) is 1. The number of fused-ring (bicyclic) bond motifs is 3. The lowest BCUT2D eigenvalue weighted by Crippen LogP contribution is -2.40. The maximum absolute atomic E-state index is 12.9. The van der Waals surface area contributed by atoms with Crippen LogP contribution >= 0.6 is 0 Å². The van der Waals surface area contributed by atoms with E-state index in [0.717, 1.165) is 24.0 Å². The minimum Gasteiger partial charge on any atom is -0.448 e. The number of rotatable bonds is 5. The molecular weight excluding hydrogens is 428 g/mol. The molecule has 6 nitrogen and oxygen atoms in total. The number of aliphatic hydroxyl groups excluding tert-OH is 1. The van der Waals surface area contributed by atoms with Crippen molar-refractivity contribution in [2.75, 3.05) is 31.6 Å². The Morgan fingerprint density at radius 2 is 1.68 bits per heavy atom. The second-order valence-corrected chi connectivity index (χ2v) is 8.97. The number of nitrogens with zero attached hydrogens (tertiary/aromatic N) is 1. The molecule has 1 atom stereocenters. The molecule has 5 rings (SSSR count). The highest BCUT2D eigenvalue weighted by atomic mass is 16.5. The van der Waals surface area contributed by atoms with Crippen LogP contribution < -0.4 is 5.32 Å². The summed E-state index contributed by atoms with van der Waals surface area (Å²) < 4.78 is 5.62. The first kappa shape index (κ1) is 22.2. The van der Waals surface area contributed by atoms with E-state index in [1.54, 1.807) is 29.2 Å². The van der Waals surface area contributed by atoms with Gasteiger partial charge in [0.15, 0.2) is 0 Å². The highest BCUT2D eigenvalue weighted by molar-refractivity contribution is 5.96. The van der Waals surface area contributed by atoms with Gasteiger partial charge in [0.2, 0.25) is 0 Å². The number of hydrogen-bond acceptors (Lipinski definition) is 4. The first-order chi connectivity index (χ1) is 16.6. The average Bonchev–Trinajstić information content (AvgIpc) is 3.21. The smallest absolute Gasteiger partial charge is 0.411 e. The lowest BCUT2D eigenvalue weighted by molar-refractivity contribution is 0.0620. The van der Waals surface area contributed by atoms with Crippen LogP contribution in [0.25, 0.3) is 11.1 Å². The lowest BCUT2D eigenvalue weighted by atomic mass is 9.98. The van der Waals surface area contributed by atoms with Gasteiger partial charge >= 0.3 is 6.09 Å². The van der Waals surface area contributed by atoms with E-state index in [2.05, 4.69) is 29.6 Å². The van der Waals surface area contributed by atoms with Gasteiger partial charge < -0.3 is 14.7 Å². The number of nitrogens with one attached hydrogen (secondary N) is 1. The first-order valence-electron chi connectivity index (χ1n) is 11.8. The molecule has 1 aliphatic heterocycles. The van der Waals surface area contributed by atoms with E-state index >= 15 is 0 Å². The largest absolute Gasteiger partial charge is 0.448 e. The molecule has 3 aromatic carbocycles. The molecule has 3 aromatic rings. The summed E-state index contributed by atoms with van der Waals surface area (Å²) in [7, 11) is 0. The van der Waals surface area contributed by atoms with Gasteiger partial charge in [0.25, 0.3) is 5.91 Å². The summed E-state index contributed by atoms with van der Waals surface area (Å²) in [5, 5.41) is 12.2. The van der Waals surface area contributed by atoms with Gasteiger partial charge in [-0.05, 0) is 59.2 Å². The van der Waals surface area contributed by atoms with Crippen molar-refractivity contribution in [3.05, 3.63) is 89.5 Å². The Labute approximate surface area is 199 Å². The van der Waals surface area contributed by atoms with Crippen molar-refractivity contribution < 1.29 is 19.4 Å². The molecular formula is C28H28N2O4. The zero-order valence-electron chi connectivity index (χ0n) is 18.9. The van der Waals surface area contributed by atoms with Crippen LogP contribution in [0.5, 0.6) is 0 Å². The Morgan fingerprint density at radius 3 is 2.38 bits per heavy atom. The van der Waals surface area contributed by atoms with Crippen LogP contribution in [0.1, 0.15) is 40.2 Å². The molecule has 1 unspecified atom stereocenters. The molecule has 2 aliphatic rings. The van der Waals surface area contributed by atoms with Crippen LogP contribution in [0.2, 0.25) is 0 Å². The van der Waals surface area contributed by atoms with Gasteiger partial charge in [0, 0.05) is 36.9 Å². The summed E-state index contributed by atoms with van der Waals surface area (Å²) in [5.74, 6) is 0.0267. The maximum atomic E-state index is 12.9. The van der Waals surface area contributed by atoms with Crippen molar-refractivity contribution in [2.45, 2.75) is 18.8 Å². The fraction of sp³-hybridized carbons (Fsp3) is 0.286. The molecule has 0 radical (unpaired) electrons. The zero-order chi connectivity index (χ0) is 23.5. The minimum absolute atomic E-state index is 0.00960. The molecule has 34 heavy (non-hydrogen) atoms. The summed E-state index contributed by atoms with van der Waals surface area (Å²) in [6.07, 6.45) is 1.27. The van der Waals surface area contributed by atoms with E-state index < -0.39 is 6.09 Å². The predicted octanol–water partition coefficient (Wildman–Crippen LogP) is 4.89. The molecule has 0 aromatic heterocycles. The summed E-state index contributed by atoms with van der Waals surface area (Å²) in [6.45, 7) is 1.56. The fourth-order valence-electron chi connectivity index (χ4n) is 5.06. The van der Waals surface area contributed by atoms with Crippen molar-refractivity contribution in [1.82, 2.24) is 4.90 Å². The zero-order valence-corrected chi connectivity index (χ0v) is 18.9. The fourth-order valence-corrected chi connectivity index (χ4v) is 5.06. The Kier molecular flexibility index (Phi) is 6.32. The highest BCUT2D eigenvalue weighted by Gasteiger charge is 2.29.